The minimum Gasteiger partial charge on any atom is -0.355 e. The van der Waals surface area contributed by atoms with E-state index in [9.17, 15) is 14.9 Å². The number of nitro benzene ring substituents is 1. The Bertz CT molecular complexity index is 687. The van der Waals surface area contributed by atoms with E-state index in [1.165, 1.54) is 19.2 Å². The number of anilines is 1. The standard InChI is InChI=1S/C14H16N4O3/c1-9-4-5-10(2)17(9)16-12-7-6-11(14(19)15-3)8-13(12)18(20)21/h4-8,16H,1-3H3,(H,15,19). The number of hydrogen-bond donors (Lipinski definition) is 2. The van der Waals surface area contributed by atoms with Gasteiger partial charge in [-0.15, -0.1) is 0 Å². The SMILES string of the molecule is CNC(=O)c1ccc(Nn2c(C)ccc2C)c([N+](=O)[O-])c1. The number of amides is 1. The molecular weight excluding hydrogens is 272 g/mol. The van der Waals surface area contributed by atoms with Gasteiger partial charge < -0.3 is 5.32 Å². The molecule has 2 rings (SSSR count). The fourth-order valence-electron chi connectivity index (χ4n) is 2.03. The van der Waals surface area contributed by atoms with Crippen LogP contribution in [0.25, 0.3) is 0 Å². The number of rotatable bonds is 4. The zero-order valence-electron chi connectivity index (χ0n) is 12.0. The molecule has 0 aliphatic rings. The summed E-state index contributed by atoms with van der Waals surface area (Å²) in [6, 6.07) is 8.15. The van der Waals surface area contributed by atoms with Gasteiger partial charge in [-0.3, -0.25) is 25.0 Å². The van der Waals surface area contributed by atoms with Gasteiger partial charge >= 0.3 is 0 Å². The van der Waals surface area contributed by atoms with Gasteiger partial charge in [-0.25, -0.2) is 0 Å². The number of carbonyl (C=O) groups is 1. The van der Waals surface area contributed by atoms with Gasteiger partial charge in [0.25, 0.3) is 11.6 Å². The lowest BCUT2D eigenvalue weighted by molar-refractivity contribution is -0.384. The maximum absolute atomic E-state index is 11.6. The van der Waals surface area contributed by atoms with Crippen molar-refractivity contribution >= 4 is 17.3 Å². The molecule has 1 aromatic carbocycles. The Morgan fingerprint density at radius 1 is 1.19 bits per heavy atom. The van der Waals surface area contributed by atoms with E-state index in [0.29, 0.717) is 5.69 Å². The summed E-state index contributed by atoms with van der Waals surface area (Å²) in [5, 5.41) is 13.7. The summed E-state index contributed by atoms with van der Waals surface area (Å²) < 4.78 is 1.75. The van der Waals surface area contributed by atoms with E-state index in [-0.39, 0.29) is 17.2 Å². The Morgan fingerprint density at radius 2 is 1.81 bits per heavy atom. The number of benzene rings is 1. The van der Waals surface area contributed by atoms with Crippen LogP contribution in [0.4, 0.5) is 11.4 Å². The average molecular weight is 288 g/mol. The van der Waals surface area contributed by atoms with Crippen LogP contribution in [0.1, 0.15) is 21.7 Å². The minimum absolute atomic E-state index is 0.149. The number of aryl methyl sites for hydroxylation is 2. The van der Waals surface area contributed by atoms with Crippen LogP contribution in [0, 0.1) is 24.0 Å². The quantitative estimate of drug-likeness (QED) is 0.667. The summed E-state index contributed by atoms with van der Waals surface area (Å²) in [5.74, 6) is -0.363. The molecule has 1 amide bonds. The number of nitrogens with zero attached hydrogens (tertiary/aromatic N) is 2. The highest BCUT2D eigenvalue weighted by Gasteiger charge is 2.18. The molecule has 0 aliphatic carbocycles. The first-order valence-corrected chi connectivity index (χ1v) is 6.36. The van der Waals surface area contributed by atoms with Crippen molar-refractivity contribution in [2.75, 3.05) is 12.5 Å². The van der Waals surface area contributed by atoms with Crippen molar-refractivity contribution in [3.05, 3.63) is 57.4 Å². The number of carbonyl (C=O) groups excluding carboxylic acids is 1. The second-order valence-corrected chi connectivity index (χ2v) is 4.63. The predicted octanol–water partition coefficient (Wildman–Crippen LogP) is 2.25. The molecule has 0 atom stereocenters. The monoisotopic (exact) mass is 288 g/mol. The third-order valence-corrected chi connectivity index (χ3v) is 3.19. The van der Waals surface area contributed by atoms with E-state index in [2.05, 4.69) is 10.7 Å². The Hall–Kier alpha value is -2.83. The predicted molar refractivity (Wildman–Crippen MR) is 79.4 cm³/mol. The molecule has 1 heterocycles. The van der Waals surface area contributed by atoms with Gasteiger partial charge in [0.15, 0.2) is 0 Å². The maximum atomic E-state index is 11.6. The summed E-state index contributed by atoms with van der Waals surface area (Å²) in [5.41, 5.74) is 5.28. The first kappa shape index (κ1) is 14.6. The largest absolute Gasteiger partial charge is 0.355 e. The van der Waals surface area contributed by atoms with Gasteiger partial charge in [0.05, 0.1) is 4.92 Å². The van der Waals surface area contributed by atoms with Crippen molar-refractivity contribution in [2.45, 2.75) is 13.8 Å². The van der Waals surface area contributed by atoms with Crippen molar-refractivity contribution < 1.29 is 9.72 Å². The van der Waals surface area contributed by atoms with Gasteiger partial charge in [-0.2, -0.15) is 0 Å². The molecule has 1 aromatic heterocycles. The molecule has 0 aliphatic heterocycles. The van der Waals surface area contributed by atoms with Crippen molar-refractivity contribution in [2.24, 2.45) is 0 Å². The maximum Gasteiger partial charge on any atom is 0.294 e. The molecule has 0 spiro atoms. The fraction of sp³-hybridized carbons (Fsp3) is 0.214. The summed E-state index contributed by atoms with van der Waals surface area (Å²) in [7, 11) is 1.48. The Labute approximate surface area is 121 Å². The van der Waals surface area contributed by atoms with E-state index < -0.39 is 4.92 Å². The number of aromatic nitrogens is 1. The molecule has 0 fully saturated rings. The second-order valence-electron chi connectivity index (χ2n) is 4.63. The molecule has 0 saturated heterocycles. The van der Waals surface area contributed by atoms with E-state index in [4.69, 9.17) is 0 Å². The normalized spacial score (nSPS) is 10.2. The Balaban J connectivity index is 2.44. The zero-order chi connectivity index (χ0) is 15.6. The van der Waals surface area contributed by atoms with Gasteiger partial charge in [0, 0.05) is 30.1 Å². The molecule has 0 unspecified atom stereocenters. The van der Waals surface area contributed by atoms with E-state index >= 15 is 0 Å². The topological polar surface area (TPSA) is 89.2 Å². The van der Waals surface area contributed by atoms with Crippen LogP contribution in [-0.4, -0.2) is 22.6 Å². The van der Waals surface area contributed by atoms with Crippen LogP contribution < -0.4 is 10.7 Å². The number of hydrogen-bond acceptors (Lipinski definition) is 4. The molecule has 0 saturated carbocycles. The van der Waals surface area contributed by atoms with Gasteiger partial charge in [0.1, 0.15) is 5.69 Å². The molecule has 2 N–H and O–H groups in total. The van der Waals surface area contributed by atoms with Crippen LogP contribution >= 0.6 is 0 Å². The lowest BCUT2D eigenvalue weighted by atomic mass is 10.1. The fourth-order valence-corrected chi connectivity index (χ4v) is 2.03. The minimum atomic E-state index is -0.511. The third-order valence-electron chi connectivity index (χ3n) is 3.19. The van der Waals surface area contributed by atoms with Crippen molar-refractivity contribution in [1.82, 2.24) is 9.99 Å². The number of nitro groups is 1. The second kappa shape index (κ2) is 5.66. The smallest absolute Gasteiger partial charge is 0.294 e. The molecule has 0 bridgehead atoms. The Kier molecular flexibility index (Phi) is 3.93. The molecule has 2 aromatic rings. The molecule has 7 heteroatoms. The summed E-state index contributed by atoms with van der Waals surface area (Å²) in [6.07, 6.45) is 0. The van der Waals surface area contributed by atoms with E-state index in [0.717, 1.165) is 11.4 Å². The van der Waals surface area contributed by atoms with Crippen LogP contribution in [-0.2, 0) is 0 Å². The average Bonchev–Trinajstić information content (AvgIpc) is 2.78. The lowest BCUT2D eigenvalue weighted by Gasteiger charge is -2.13. The Morgan fingerprint density at radius 3 is 2.33 bits per heavy atom. The van der Waals surface area contributed by atoms with Crippen molar-refractivity contribution in [3.8, 4) is 0 Å². The van der Waals surface area contributed by atoms with Crippen LogP contribution in [0.2, 0.25) is 0 Å². The van der Waals surface area contributed by atoms with Crippen LogP contribution in [0.5, 0.6) is 0 Å². The summed E-state index contributed by atoms with van der Waals surface area (Å²) in [4.78, 5) is 22.3. The van der Waals surface area contributed by atoms with Crippen LogP contribution in [0.15, 0.2) is 30.3 Å². The van der Waals surface area contributed by atoms with Crippen LogP contribution in [0.3, 0.4) is 0 Å². The van der Waals surface area contributed by atoms with Gasteiger partial charge in [-0.1, -0.05) is 0 Å². The van der Waals surface area contributed by atoms with E-state index in [1.54, 1.807) is 10.7 Å². The van der Waals surface area contributed by atoms with E-state index in [1.807, 2.05) is 26.0 Å². The zero-order valence-corrected chi connectivity index (χ0v) is 12.0. The van der Waals surface area contributed by atoms with Gasteiger partial charge in [0.2, 0.25) is 0 Å². The van der Waals surface area contributed by atoms with Crippen molar-refractivity contribution in [3.63, 3.8) is 0 Å². The molecule has 0 radical (unpaired) electrons. The summed E-state index contributed by atoms with van der Waals surface area (Å²) in [6.45, 7) is 3.79. The molecular formula is C14H16N4O3. The third kappa shape index (κ3) is 2.86. The molecule has 7 nitrogen and oxygen atoms in total. The van der Waals surface area contributed by atoms with Crippen molar-refractivity contribution in [1.29, 1.82) is 0 Å². The first-order chi connectivity index (χ1) is 9.93. The van der Waals surface area contributed by atoms with Gasteiger partial charge in [-0.05, 0) is 38.1 Å². The molecule has 21 heavy (non-hydrogen) atoms. The highest BCUT2D eigenvalue weighted by molar-refractivity contribution is 5.95. The molecule has 110 valence electrons. The highest BCUT2D eigenvalue weighted by atomic mass is 16.6. The lowest BCUT2D eigenvalue weighted by Crippen LogP contribution is -2.18. The highest BCUT2D eigenvalue weighted by Crippen LogP contribution is 2.26. The first-order valence-electron chi connectivity index (χ1n) is 6.36. The summed E-state index contributed by atoms with van der Waals surface area (Å²) >= 11 is 0. The number of nitrogens with one attached hydrogen (secondary N) is 2.